The molecule has 17 heavy (non-hydrogen) atoms. The molecule has 0 aliphatic rings. The minimum absolute atomic E-state index is 1.38. The number of nitrogens with zero attached hydrogens (tertiary/aromatic N) is 1. The summed E-state index contributed by atoms with van der Waals surface area (Å²) in [5.74, 6) is 0. The van der Waals surface area contributed by atoms with Gasteiger partial charge >= 0.3 is 0 Å². The zero-order valence-electron chi connectivity index (χ0n) is 9.62. The third kappa shape index (κ3) is 7.95. The molecular weight excluding hydrogens is 234 g/mol. The Kier molecular flexibility index (Phi) is 8.26. The van der Waals surface area contributed by atoms with Gasteiger partial charge in [0.25, 0.3) is 0 Å². The van der Waals surface area contributed by atoms with E-state index in [2.05, 4.69) is 27.0 Å². The van der Waals surface area contributed by atoms with Gasteiger partial charge in [-0.1, -0.05) is 25.3 Å². The van der Waals surface area contributed by atoms with Crippen LogP contribution >= 0.6 is 10.8 Å². The van der Waals surface area contributed by atoms with Crippen molar-refractivity contribution in [3.05, 3.63) is 62.1 Å². The van der Waals surface area contributed by atoms with E-state index in [-0.39, 0.29) is 0 Å². The Labute approximate surface area is 104 Å². The summed E-state index contributed by atoms with van der Waals surface area (Å²) in [4.78, 5) is 0. The van der Waals surface area contributed by atoms with Crippen molar-refractivity contribution >= 4 is 17.0 Å². The van der Waals surface area contributed by atoms with E-state index in [4.69, 9.17) is 10.9 Å². The molecule has 0 heterocycles. The molecule has 0 aliphatic carbocycles. The number of hydrogen-bond acceptors (Lipinski definition) is 5. The van der Waals surface area contributed by atoms with Crippen molar-refractivity contribution < 1.29 is 0 Å². The van der Waals surface area contributed by atoms with Crippen LogP contribution in [0.3, 0.4) is 0 Å². The van der Waals surface area contributed by atoms with E-state index in [1.54, 1.807) is 42.8 Å². The van der Waals surface area contributed by atoms with Crippen LogP contribution in [-0.2, 0) is 0 Å². The Balaban J connectivity index is 4.65. The zero-order valence-corrected chi connectivity index (χ0v) is 10.4. The van der Waals surface area contributed by atoms with Crippen molar-refractivity contribution in [3.63, 3.8) is 0 Å². The van der Waals surface area contributed by atoms with Crippen molar-refractivity contribution in [1.82, 2.24) is 9.44 Å². The topological polar surface area (TPSA) is 88.5 Å². The van der Waals surface area contributed by atoms with Gasteiger partial charge in [-0.2, -0.15) is 4.40 Å². The van der Waals surface area contributed by atoms with Crippen LogP contribution in [0.15, 0.2) is 66.5 Å². The summed E-state index contributed by atoms with van der Waals surface area (Å²) in [7, 11) is -2.06. The predicted molar refractivity (Wildman–Crippen MR) is 78.5 cm³/mol. The monoisotopic (exact) mass is 253 g/mol. The maximum atomic E-state index is 6.04. The summed E-state index contributed by atoms with van der Waals surface area (Å²) in [5.41, 5.74) is 5.20. The van der Waals surface area contributed by atoms with Gasteiger partial charge in [-0.25, -0.2) is 5.14 Å². The molecule has 0 aromatic heterocycles. The molecule has 94 valence electrons. The summed E-state index contributed by atoms with van der Waals surface area (Å²) in [6, 6.07) is 0. The highest BCUT2D eigenvalue weighted by Crippen LogP contribution is 2.30. The van der Waals surface area contributed by atoms with E-state index in [1.807, 2.05) is 0 Å². The van der Waals surface area contributed by atoms with Crippen LogP contribution in [0.4, 0.5) is 0 Å². The molecule has 0 aromatic carbocycles. The second kappa shape index (κ2) is 9.32. The summed E-state index contributed by atoms with van der Waals surface area (Å²) < 4.78 is 10.1. The lowest BCUT2D eigenvalue weighted by molar-refractivity contribution is 1.23. The van der Waals surface area contributed by atoms with E-state index >= 15 is 0 Å². The molecule has 0 spiro atoms. The maximum absolute atomic E-state index is 6.04. The molecular formula is C11H19N5S. The fourth-order valence-electron chi connectivity index (χ4n) is 0.698. The molecule has 0 aliphatic heterocycles. The first-order valence-electron chi connectivity index (χ1n) is 4.81. The van der Waals surface area contributed by atoms with Crippen molar-refractivity contribution in [3.8, 4) is 0 Å². The van der Waals surface area contributed by atoms with Crippen molar-refractivity contribution in [1.29, 1.82) is 0 Å². The largest absolute Gasteiger partial charge is 0.405 e. The van der Waals surface area contributed by atoms with Gasteiger partial charge in [0.1, 0.15) is 0 Å². The first-order chi connectivity index (χ1) is 8.18. The molecule has 0 fully saturated rings. The van der Waals surface area contributed by atoms with Gasteiger partial charge in [0.15, 0.2) is 0 Å². The van der Waals surface area contributed by atoms with Crippen molar-refractivity contribution in [2.75, 3.05) is 0 Å². The SMILES string of the molecule is C=C/C=C\NS(N)(N=CC=CN)N/C=C\C=C. The van der Waals surface area contributed by atoms with Crippen molar-refractivity contribution in [2.45, 2.75) is 0 Å². The highest BCUT2D eigenvalue weighted by atomic mass is 32.3. The second-order valence-electron chi connectivity index (χ2n) is 2.69. The first-order valence-corrected chi connectivity index (χ1v) is 6.46. The fourth-order valence-corrected chi connectivity index (χ4v) is 1.72. The number of nitrogens with two attached hydrogens (primary N) is 2. The van der Waals surface area contributed by atoms with Crippen molar-refractivity contribution in [2.24, 2.45) is 15.3 Å². The molecule has 6 N–H and O–H groups in total. The van der Waals surface area contributed by atoms with E-state index in [0.717, 1.165) is 0 Å². The number of hydrogen-bond donors (Lipinski definition) is 4. The van der Waals surface area contributed by atoms with Gasteiger partial charge in [0.2, 0.25) is 0 Å². The standard InChI is InChI=1S/C11H19N5S/c1-3-5-9-14-17(13,15-10-6-4-2)16-11-7-8-12/h3-11,14-15H,1-2,12-13H2/b8-7?,9-5-,10-6-,16-11?. The van der Waals surface area contributed by atoms with Crippen LogP contribution in [0.5, 0.6) is 0 Å². The normalized spacial score (nSPS) is 13.7. The second-order valence-corrected chi connectivity index (χ2v) is 4.62. The molecule has 6 heteroatoms. The predicted octanol–water partition coefficient (Wildman–Crippen LogP) is 1.53. The van der Waals surface area contributed by atoms with Crippen LogP contribution in [0.1, 0.15) is 0 Å². The van der Waals surface area contributed by atoms with Crippen LogP contribution in [-0.4, -0.2) is 6.21 Å². The molecule has 0 saturated carbocycles. The van der Waals surface area contributed by atoms with Gasteiger partial charge in [0.05, 0.1) is 10.8 Å². The Bertz CT molecular complexity index is 324. The molecule has 0 unspecified atom stereocenters. The molecule has 0 radical (unpaired) electrons. The van der Waals surface area contributed by atoms with E-state index < -0.39 is 10.8 Å². The summed E-state index contributed by atoms with van der Waals surface area (Å²) in [6.07, 6.45) is 14.5. The van der Waals surface area contributed by atoms with Crippen LogP contribution in [0, 0.1) is 0 Å². The summed E-state index contributed by atoms with van der Waals surface area (Å²) in [6.45, 7) is 7.12. The third-order valence-corrected chi connectivity index (χ3v) is 2.83. The number of allylic oxidation sites excluding steroid dienone is 5. The Hall–Kier alpha value is -1.92. The lowest BCUT2D eigenvalue weighted by atomic mass is 10.6. The maximum Gasteiger partial charge on any atom is 0.0685 e. The molecule has 5 nitrogen and oxygen atoms in total. The molecule has 0 aromatic rings. The first kappa shape index (κ1) is 15.1. The fraction of sp³-hybridized carbons (Fsp3) is 0. The Morgan fingerprint density at radius 2 is 1.53 bits per heavy atom. The van der Waals surface area contributed by atoms with Gasteiger partial charge in [-0.05, 0) is 24.4 Å². The molecule has 0 rings (SSSR count). The van der Waals surface area contributed by atoms with Gasteiger partial charge in [0, 0.05) is 18.6 Å². The highest BCUT2D eigenvalue weighted by Gasteiger charge is 2.10. The van der Waals surface area contributed by atoms with E-state index in [9.17, 15) is 0 Å². The lowest BCUT2D eigenvalue weighted by Gasteiger charge is -2.30. The summed E-state index contributed by atoms with van der Waals surface area (Å²) >= 11 is 0. The highest BCUT2D eigenvalue weighted by molar-refractivity contribution is 8.27. The van der Waals surface area contributed by atoms with Gasteiger partial charge in [-0.3, -0.25) is 0 Å². The Morgan fingerprint density at radius 3 is 1.94 bits per heavy atom. The van der Waals surface area contributed by atoms with E-state index in [0.29, 0.717) is 0 Å². The summed E-state index contributed by atoms with van der Waals surface area (Å²) in [5, 5.41) is 6.04. The number of nitrogens with one attached hydrogen (secondary N) is 2. The van der Waals surface area contributed by atoms with Gasteiger partial charge < -0.3 is 15.2 Å². The smallest absolute Gasteiger partial charge is 0.0685 e. The quantitative estimate of drug-likeness (QED) is 0.390. The number of rotatable bonds is 8. The molecule has 0 amide bonds. The zero-order chi connectivity index (χ0) is 13.0. The molecule has 0 bridgehead atoms. The molecule has 0 saturated heterocycles. The molecule has 0 atom stereocenters. The van der Waals surface area contributed by atoms with Gasteiger partial charge in [-0.15, -0.1) is 0 Å². The average molecular weight is 253 g/mol. The minimum Gasteiger partial charge on any atom is -0.405 e. The average Bonchev–Trinajstić information content (AvgIpc) is 2.30. The van der Waals surface area contributed by atoms with E-state index in [1.165, 1.54) is 12.4 Å². The lowest BCUT2D eigenvalue weighted by Crippen LogP contribution is -2.31. The third-order valence-electron chi connectivity index (χ3n) is 1.38. The minimum atomic E-state index is -2.06. The Morgan fingerprint density at radius 1 is 1.00 bits per heavy atom. The van der Waals surface area contributed by atoms with Crippen LogP contribution in [0.2, 0.25) is 0 Å². The van der Waals surface area contributed by atoms with Crippen LogP contribution in [0.25, 0.3) is 0 Å². The van der Waals surface area contributed by atoms with Crippen LogP contribution < -0.4 is 20.3 Å².